The summed E-state index contributed by atoms with van der Waals surface area (Å²) >= 11 is 0. The SMILES string of the molecule is CC(=O)N(C[C@@H]1CCCN1C(=O)NCCn1ccnc1)C1CC1. The summed E-state index contributed by atoms with van der Waals surface area (Å²) in [5, 5.41) is 2.98. The average Bonchev–Trinajstić information content (AvgIpc) is 3.03. The smallest absolute Gasteiger partial charge is 0.317 e. The Hall–Kier alpha value is -2.05. The van der Waals surface area contributed by atoms with Crippen LogP contribution >= 0.6 is 0 Å². The summed E-state index contributed by atoms with van der Waals surface area (Å²) in [7, 11) is 0. The summed E-state index contributed by atoms with van der Waals surface area (Å²) in [4.78, 5) is 32.0. The third kappa shape index (κ3) is 4.03. The maximum Gasteiger partial charge on any atom is 0.317 e. The summed E-state index contributed by atoms with van der Waals surface area (Å²) in [5.74, 6) is 0.125. The highest BCUT2D eigenvalue weighted by Gasteiger charge is 2.36. The van der Waals surface area contributed by atoms with Crippen molar-refractivity contribution in [2.24, 2.45) is 0 Å². The van der Waals surface area contributed by atoms with Gasteiger partial charge < -0.3 is 19.7 Å². The van der Waals surface area contributed by atoms with Crippen LogP contribution in [0.1, 0.15) is 32.6 Å². The number of carbonyl (C=O) groups excluding carboxylic acids is 2. The van der Waals surface area contributed by atoms with Gasteiger partial charge in [0.15, 0.2) is 0 Å². The molecule has 0 bridgehead atoms. The second-order valence-corrected chi connectivity index (χ2v) is 6.42. The fourth-order valence-electron chi connectivity index (χ4n) is 3.25. The molecular weight excluding hydrogens is 294 g/mol. The van der Waals surface area contributed by atoms with Gasteiger partial charge in [-0.05, 0) is 25.7 Å². The van der Waals surface area contributed by atoms with Crippen molar-refractivity contribution < 1.29 is 9.59 Å². The summed E-state index contributed by atoms with van der Waals surface area (Å²) < 4.78 is 1.94. The van der Waals surface area contributed by atoms with Crippen LogP contribution < -0.4 is 5.32 Å². The minimum Gasteiger partial charge on any atom is -0.338 e. The van der Waals surface area contributed by atoms with E-state index in [-0.39, 0.29) is 18.0 Å². The quantitative estimate of drug-likeness (QED) is 0.852. The monoisotopic (exact) mass is 319 g/mol. The number of nitrogens with one attached hydrogen (secondary N) is 1. The second kappa shape index (κ2) is 7.02. The Kier molecular flexibility index (Phi) is 4.83. The van der Waals surface area contributed by atoms with Gasteiger partial charge in [0.1, 0.15) is 0 Å². The lowest BCUT2D eigenvalue weighted by atomic mass is 10.2. The van der Waals surface area contributed by atoms with Crippen molar-refractivity contribution in [1.82, 2.24) is 24.7 Å². The summed E-state index contributed by atoms with van der Waals surface area (Å²) in [6.45, 7) is 4.37. The van der Waals surface area contributed by atoms with Crippen molar-refractivity contribution in [1.29, 1.82) is 0 Å². The number of aromatic nitrogens is 2. The third-order valence-corrected chi connectivity index (χ3v) is 4.64. The Balaban J connectivity index is 1.49. The van der Waals surface area contributed by atoms with Crippen LogP contribution in [-0.4, -0.2) is 63.0 Å². The van der Waals surface area contributed by atoms with E-state index in [9.17, 15) is 9.59 Å². The van der Waals surface area contributed by atoms with Crippen LogP contribution in [0.2, 0.25) is 0 Å². The first-order valence-corrected chi connectivity index (χ1v) is 8.42. The number of amides is 3. The predicted molar refractivity (Wildman–Crippen MR) is 85.8 cm³/mol. The first kappa shape index (κ1) is 15.8. The molecule has 1 saturated carbocycles. The van der Waals surface area contributed by atoms with Crippen molar-refractivity contribution in [3.63, 3.8) is 0 Å². The van der Waals surface area contributed by atoms with Crippen molar-refractivity contribution in [2.75, 3.05) is 19.6 Å². The Bertz CT molecular complexity index is 541. The Labute approximate surface area is 136 Å². The van der Waals surface area contributed by atoms with Gasteiger partial charge >= 0.3 is 6.03 Å². The Morgan fingerprint density at radius 3 is 2.83 bits per heavy atom. The molecule has 2 aliphatic rings. The van der Waals surface area contributed by atoms with E-state index in [2.05, 4.69) is 10.3 Å². The molecule has 0 unspecified atom stereocenters. The fourth-order valence-corrected chi connectivity index (χ4v) is 3.25. The number of nitrogens with zero attached hydrogens (tertiary/aromatic N) is 4. The first-order valence-electron chi connectivity index (χ1n) is 8.42. The number of likely N-dealkylation sites (tertiary alicyclic amines) is 1. The maximum absolute atomic E-state index is 12.4. The zero-order valence-corrected chi connectivity index (χ0v) is 13.6. The van der Waals surface area contributed by atoms with Crippen LogP contribution in [0.25, 0.3) is 0 Å². The molecule has 0 radical (unpaired) electrons. The third-order valence-electron chi connectivity index (χ3n) is 4.64. The molecule has 1 atom stereocenters. The molecule has 1 aliphatic heterocycles. The molecule has 3 rings (SSSR count). The molecule has 23 heavy (non-hydrogen) atoms. The normalized spacial score (nSPS) is 20.6. The lowest BCUT2D eigenvalue weighted by Gasteiger charge is -2.30. The van der Waals surface area contributed by atoms with E-state index in [0.29, 0.717) is 25.7 Å². The van der Waals surface area contributed by atoms with Crippen LogP contribution in [0.3, 0.4) is 0 Å². The molecule has 1 N–H and O–H groups in total. The molecule has 7 heteroatoms. The number of hydrogen-bond acceptors (Lipinski definition) is 3. The highest BCUT2D eigenvalue weighted by Crippen LogP contribution is 2.29. The highest BCUT2D eigenvalue weighted by molar-refractivity contribution is 5.76. The predicted octanol–water partition coefficient (Wildman–Crippen LogP) is 1.07. The zero-order valence-electron chi connectivity index (χ0n) is 13.6. The van der Waals surface area contributed by atoms with E-state index in [1.54, 1.807) is 19.4 Å². The van der Waals surface area contributed by atoms with Gasteiger partial charge in [-0.25, -0.2) is 9.78 Å². The standard InChI is InChI=1S/C16H25N5O2/c1-13(22)21(14-4-5-14)11-15-3-2-8-20(15)16(23)18-7-10-19-9-6-17-12-19/h6,9,12,14-15H,2-5,7-8,10-11H2,1H3,(H,18,23)/t15-/m0/s1. The van der Waals surface area contributed by atoms with Crippen LogP contribution in [-0.2, 0) is 11.3 Å². The number of urea groups is 1. The zero-order chi connectivity index (χ0) is 16.2. The van der Waals surface area contributed by atoms with Crippen LogP contribution in [0.4, 0.5) is 4.79 Å². The molecule has 126 valence electrons. The minimum absolute atomic E-state index is 0.0214. The highest BCUT2D eigenvalue weighted by atomic mass is 16.2. The molecule has 0 aromatic carbocycles. The van der Waals surface area contributed by atoms with E-state index in [4.69, 9.17) is 0 Å². The second-order valence-electron chi connectivity index (χ2n) is 6.42. The maximum atomic E-state index is 12.4. The van der Waals surface area contributed by atoms with Gasteiger partial charge in [-0.3, -0.25) is 4.79 Å². The van der Waals surface area contributed by atoms with E-state index >= 15 is 0 Å². The molecule has 3 amide bonds. The van der Waals surface area contributed by atoms with E-state index in [1.165, 1.54) is 0 Å². The van der Waals surface area contributed by atoms with Gasteiger partial charge in [0.05, 0.1) is 12.4 Å². The van der Waals surface area contributed by atoms with Crippen molar-refractivity contribution in [3.8, 4) is 0 Å². The minimum atomic E-state index is -0.0214. The average molecular weight is 319 g/mol. The van der Waals surface area contributed by atoms with Crippen molar-refractivity contribution >= 4 is 11.9 Å². The van der Waals surface area contributed by atoms with Crippen molar-refractivity contribution in [3.05, 3.63) is 18.7 Å². The van der Waals surface area contributed by atoms with Gasteiger partial charge in [0.2, 0.25) is 5.91 Å². The van der Waals surface area contributed by atoms with Gasteiger partial charge in [-0.2, -0.15) is 0 Å². The van der Waals surface area contributed by atoms with Crippen LogP contribution in [0.15, 0.2) is 18.7 Å². The molecule has 1 aliphatic carbocycles. The lowest BCUT2D eigenvalue weighted by molar-refractivity contribution is -0.130. The number of rotatable bonds is 6. The first-order chi connectivity index (χ1) is 11.1. The molecule has 2 heterocycles. The summed E-state index contributed by atoms with van der Waals surface area (Å²) in [6, 6.07) is 0.527. The van der Waals surface area contributed by atoms with Crippen LogP contribution in [0.5, 0.6) is 0 Å². The summed E-state index contributed by atoms with van der Waals surface area (Å²) in [5.41, 5.74) is 0. The van der Waals surface area contributed by atoms with Gasteiger partial charge in [-0.15, -0.1) is 0 Å². The molecule has 1 aromatic rings. The van der Waals surface area contributed by atoms with Crippen LogP contribution in [0, 0.1) is 0 Å². The molecule has 7 nitrogen and oxygen atoms in total. The van der Waals surface area contributed by atoms with E-state index in [1.807, 2.05) is 20.6 Å². The van der Waals surface area contributed by atoms with Gasteiger partial charge in [-0.1, -0.05) is 0 Å². The van der Waals surface area contributed by atoms with Gasteiger partial charge in [0, 0.05) is 51.5 Å². The summed E-state index contributed by atoms with van der Waals surface area (Å²) in [6.07, 6.45) is 9.54. The molecule has 0 spiro atoms. The van der Waals surface area contributed by atoms with Crippen molar-refractivity contribution in [2.45, 2.75) is 51.2 Å². The van der Waals surface area contributed by atoms with E-state index in [0.717, 1.165) is 32.2 Å². The number of carbonyl (C=O) groups is 2. The Morgan fingerprint density at radius 1 is 1.35 bits per heavy atom. The Morgan fingerprint density at radius 2 is 2.17 bits per heavy atom. The number of hydrogen-bond donors (Lipinski definition) is 1. The molecule has 1 aromatic heterocycles. The number of imidazole rings is 1. The van der Waals surface area contributed by atoms with E-state index < -0.39 is 0 Å². The molecule has 2 fully saturated rings. The lowest BCUT2D eigenvalue weighted by Crippen LogP contribution is -2.49. The fraction of sp³-hybridized carbons (Fsp3) is 0.688. The topological polar surface area (TPSA) is 70.5 Å². The molecular formula is C16H25N5O2. The van der Waals surface area contributed by atoms with Gasteiger partial charge in [0.25, 0.3) is 0 Å². The largest absolute Gasteiger partial charge is 0.338 e. The molecule has 1 saturated heterocycles.